The second-order valence-corrected chi connectivity index (χ2v) is 5.29. The van der Waals surface area contributed by atoms with E-state index in [0.717, 1.165) is 12.2 Å². The highest BCUT2D eigenvalue weighted by atomic mass is 79.9. The van der Waals surface area contributed by atoms with Crippen LogP contribution in [0.2, 0.25) is 0 Å². The van der Waals surface area contributed by atoms with E-state index in [9.17, 15) is 10.1 Å². The quantitative estimate of drug-likeness (QED) is 0.535. The SMILES string of the molecule is CCn1ccc(Cn2nc(Br)c3c([N+](=O)[O-])cccc32)n1. The van der Waals surface area contributed by atoms with E-state index in [0.29, 0.717) is 22.1 Å². The molecule has 0 spiro atoms. The zero-order chi connectivity index (χ0) is 15.0. The van der Waals surface area contributed by atoms with Crippen molar-refractivity contribution in [3.05, 3.63) is 50.9 Å². The van der Waals surface area contributed by atoms with Crippen LogP contribution in [0.25, 0.3) is 10.9 Å². The average Bonchev–Trinajstić information content (AvgIpc) is 3.04. The highest BCUT2D eigenvalue weighted by Gasteiger charge is 2.19. The van der Waals surface area contributed by atoms with Crippen molar-refractivity contribution in [3.8, 4) is 0 Å². The molecule has 0 unspecified atom stereocenters. The maximum Gasteiger partial charge on any atom is 0.281 e. The summed E-state index contributed by atoms with van der Waals surface area (Å²) in [5, 5.41) is 20.4. The van der Waals surface area contributed by atoms with Crippen LogP contribution in [0.5, 0.6) is 0 Å². The summed E-state index contributed by atoms with van der Waals surface area (Å²) in [6.07, 6.45) is 1.90. The number of halogens is 1. The van der Waals surface area contributed by atoms with Crippen LogP contribution in [0.3, 0.4) is 0 Å². The van der Waals surface area contributed by atoms with Gasteiger partial charge in [0.05, 0.1) is 22.7 Å². The molecule has 0 N–H and O–H groups in total. The predicted octanol–water partition coefficient (Wildman–Crippen LogP) is 2.97. The van der Waals surface area contributed by atoms with Crippen molar-refractivity contribution in [1.82, 2.24) is 19.6 Å². The van der Waals surface area contributed by atoms with Crippen LogP contribution in [-0.2, 0) is 13.1 Å². The number of non-ortho nitro benzene ring substituents is 1. The molecule has 0 bridgehead atoms. The summed E-state index contributed by atoms with van der Waals surface area (Å²) in [5.41, 5.74) is 1.62. The van der Waals surface area contributed by atoms with E-state index in [1.54, 1.807) is 10.7 Å². The first-order valence-corrected chi connectivity index (χ1v) is 7.21. The first-order valence-electron chi connectivity index (χ1n) is 6.42. The van der Waals surface area contributed by atoms with Crippen LogP contribution in [0.15, 0.2) is 35.1 Å². The fourth-order valence-electron chi connectivity index (χ4n) is 2.25. The summed E-state index contributed by atoms with van der Waals surface area (Å²) in [6, 6.07) is 6.87. The Labute approximate surface area is 128 Å². The lowest BCUT2D eigenvalue weighted by atomic mass is 10.2. The van der Waals surface area contributed by atoms with Crippen LogP contribution in [0.1, 0.15) is 12.6 Å². The molecule has 0 atom stereocenters. The van der Waals surface area contributed by atoms with Crippen LogP contribution in [0.4, 0.5) is 5.69 Å². The smallest absolute Gasteiger partial charge is 0.273 e. The maximum absolute atomic E-state index is 11.1. The highest BCUT2D eigenvalue weighted by molar-refractivity contribution is 9.10. The molecule has 0 saturated heterocycles. The van der Waals surface area contributed by atoms with Gasteiger partial charge in [-0.05, 0) is 35.0 Å². The first-order chi connectivity index (χ1) is 10.1. The van der Waals surface area contributed by atoms with Gasteiger partial charge in [0.15, 0.2) is 0 Å². The van der Waals surface area contributed by atoms with E-state index in [2.05, 4.69) is 26.1 Å². The van der Waals surface area contributed by atoms with Crippen molar-refractivity contribution >= 4 is 32.5 Å². The van der Waals surface area contributed by atoms with Gasteiger partial charge in [-0.15, -0.1) is 0 Å². The van der Waals surface area contributed by atoms with Gasteiger partial charge in [0.2, 0.25) is 0 Å². The first kappa shape index (κ1) is 13.7. The van der Waals surface area contributed by atoms with Crippen molar-refractivity contribution in [3.63, 3.8) is 0 Å². The van der Waals surface area contributed by atoms with E-state index in [-0.39, 0.29) is 5.69 Å². The molecule has 7 nitrogen and oxygen atoms in total. The topological polar surface area (TPSA) is 78.8 Å². The number of aryl methyl sites for hydroxylation is 1. The summed E-state index contributed by atoms with van der Waals surface area (Å²) < 4.78 is 4.02. The number of nitro groups is 1. The van der Waals surface area contributed by atoms with Gasteiger partial charge in [-0.3, -0.25) is 19.5 Å². The van der Waals surface area contributed by atoms with Crippen molar-refractivity contribution < 1.29 is 4.92 Å². The largest absolute Gasteiger partial charge is 0.281 e. The molecule has 0 aliphatic heterocycles. The normalized spacial score (nSPS) is 11.1. The Kier molecular flexibility index (Phi) is 3.46. The predicted molar refractivity (Wildman–Crippen MR) is 81.1 cm³/mol. The van der Waals surface area contributed by atoms with Crippen molar-refractivity contribution in [1.29, 1.82) is 0 Å². The Hall–Kier alpha value is -2.22. The Morgan fingerprint density at radius 3 is 2.81 bits per heavy atom. The molecule has 0 radical (unpaired) electrons. The molecule has 3 aromatic rings. The van der Waals surface area contributed by atoms with Gasteiger partial charge in [-0.25, -0.2) is 0 Å². The summed E-state index contributed by atoms with van der Waals surface area (Å²) >= 11 is 3.31. The third-order valence-corrected chi connectivity index (χ3v) is 3.80. The molecular weight excluding hydrogens is 338 g/mol. The zero-order valence-electron chi connectivity index (χ0n) is 11.2. The molecule has 8 heteroatoms. The molecular formula is C13H12BrN5O2. The van der Waals surface area contributed by atoms with Gasteiger partial charge >= 0.3 is 0 Å². The summed E-state index contributed by atoms with van der Waals surface area (Å²) in [7, 11) is 0. The fourth-order valence-corrected chi connectivity index (χ4v) is 2.85. The van der Waals surface area contributed by atoms with E-state index in [1.807, 2.05) is 29.9 Å². The second kappa shape index (κ2) is 5.28. The minimum Gasteiger partial charge on any atom is -0.273 e. The monoisotopic (exact) mass is 349 g/mol. The molecule has 3 rings (SSSR count). The number of fused-ring (bicyclic) bond motifs is 1. The molecule has 2 aromatic heterocycles. The number of rotatable bonds is 4. The lowest BCUT2D eigenvalue weighted by Crippen LogP contribution is -2.03. The summed E-state index contributed by atoms with van der Waals surface area (Å²) in [6.45, 7) is 3.28. The van der Waals surface area contributed by atoms with Crippen molar-refractivity contribution in [2.45, 2.75) is 20.0 Å². The minimum atomic E-state index is -0.398. The Morgan fingerprint density at radius 1 is 1.33 bits per heavy atom. The van der Waals surface area contributed by atoms with Gasteiger partial charge in [-0.2, -0.15) is 10.2 Å². The molecule has 0 fully saturated rings. The number of nitrogens with zero attached hydrogens (tertiary/aromatic N) is 5. The molecule has 108 valence electrons. The fraction of sp³-hybridized carbons (Fsp3) is 0.231. The molecule has 0 amide bonds. The molecule has 21 heavy (non-hydrogen) atoms. The molecule has 1 aromatic carbocycles. The Morgan fingerprint density at radius 2 is 2.14 bits per heavy atom. The van der Waals surface area contributed by atoms with Gasteiger partial charge in [-0.1, -0.05) is 6.07 Å². The van der Waals surface area contributed by atoms with E-state index >= 15 is 0 Å². The number of hydrogen-bond donors (Lipinski definition) is 0. The summed E-state index contributed by atoms with van der Waals surface area (Å²) in [4.78, 5) is 10.7. The van der Waals surface area contributed by atoms with E-state index < -0.39 is 4.92 Å². The van der Waals surface area contributed by atoms with Crippen LogP contribution in [-0.4, -0.2) is 24.5 Å². The van der Waals surface area contributed by atoms with Crippen LogP contribution in [0, 0.1) is 10.1 Å². The van der Waals surface area contributed by atoms with Gasteiger partial charge < -0.3 is 0 Å². The van der Waals surface area contributed by atoms with Gasteiger partial charge in [0.25, 0.3) is 5.69 Å². The van der Waals surface area contributed by atoms with Crippen LogP contribution >= 0.6 is 15.9 Å². The second-order valence-electron chi connectivity index (χ2n) is 4.54. The number of benzene rings is 1. The summed E-state index contributed by atoms with van der Waals surface area (Å²) in [5.74, 6) is 0. The van der Waals surface area contributed by atoms with E-state index in [1.165, 1.54) is 6.07 Å². The molecule has 0 saturated carbocycles. The third kappa shape index (κ3) is 2.42. The molecule has 2 heterocycles. The lowest BCUT2D eigenvalue weighted by molar-refractivity contribution is -0.383. The van der Waals surface area contributed by atoms with Crippen LogP contribution < -0.4 is 0 Å². The number of aromatic nitrogens is 4. The minimum absolute atomic E-state index is 0.0460. The maximum atomic E-state index is 11.1. The zero-order valence-corrected chi connectivity index (χ0v) is 12.8. The van der Waals surface area contributed by atoms with E-state index in [4.69, 9.17) is 0 Å². The standard InChI is InChI=1S/C13H12BrN5O2/c1-2-17-7-6-9(15-17)8-18-10-4-3-5-11(19(20)21)12(10)13(14)16-18/h3-7H,2,8H2,1H3. The Bertz CT molecular complexity index is 823. The highest BCUT2D eigenvalue weighted by Crippen LogP contribution is 2.31. The van der Waals surface area contributed by atoms with Gasteiger partial charge in [0.1, 0.15) is 9.99 Å². The van der Waals surface area contributed by atoms with Crippen molar-refractivity contribution in [2.24, 2.45) is 0 Å². The Balaban J connectivity index is 2.07. The average molecular weight is 350 g/mol. The molecule has 0 aliphatic carbocycles. The molecule has 0 aliphatic rings. The van der Waals surface area contributed by atoms with Gasteiger partial charge in [0, 0.05) is 18.8 Å². The van der Waals surface area contributed by atoms with Crippen molar-refractivity contribution in [2.75, 3.05) is 0 Å². The lowest BCUT2D eigenvalue weighted by Gasteiger charge is -2.01. The number of nitro benzene ring substituents is 1. The third-order valence-electron chi connectivity index (χ3n) is 3.24. The number of hydrogen-bond acceptors (Lipinski definition) is 4.